The first-order chi connectivity index (χ1) is 15.7. The Balaban J connectivity index is 1.24. The summed E-state index contributed by atoms with van der Waals surface area (Å²) in [6.45, 7) is 5.02. The molecular weight excluding hydrogens is 424 g/mol. The Bertz CT molecular complexity index is 1130. The largest absolute Gasteiger partial charge is 0.494 e. The molecule has 5 rings (SSSR count). The summed E-state index contributed by atoms with van der Waals surface area (Å²) in [4.78, 5) is 22.6. The maximum absolute atomic E-state index is 12.9. The number of thiophene rings is 1. The second-order valence-corrected chi connectivity index (χ2v) is 9.00. The number of carbonyl (C=O) groups is 1. The van der Waals surface area contributed by atoms with Gasteiger partial charge in [-0.05, 0) is 49.1 Å². The molecule has 2 aromatic heterocycles. The van der Waals surface area contributed by atoms with Gasteiger partial charge in [-0.1, -0.05) is 6.07 Å². The molecule has 2 fully saturated rings. The van der Waals surface area contributed by atoms with E-state index >= 15 is 0 Å². The van der Waals surface area contributed by atoms with Gasteiger partial charge in [-0.2, -0.15) is 10.2 Å². The van der Waals surface area contributed by atoms with Crippen molar-refractivity contribution in [3.63, 3.8) is 0 Å². The van der Waals surface area contributed by atoms with E-state index in [1.54, 1.807) is 11.3 Å². The van der Waals surface area contributed by atoms with Gasteiger partial charge >= 0.3 is 0 Å². The first-order valence-electron chi connectivity index (χ1n) is 10.9. The minimum atomic E-state index is 0.117. The number of aromatic nitrogens is 1. The number of anilines is 1. The molecule has 32 heavy (non-hydrogen) atoms. The van der Waals surface area contributed by atoms with Crippen LogP contribution in [0.15, 0.2) is 46.2 Å². The molecule has 1 aliphatic heterocycles. The lowest BCUT2D eigenvalue weighted by Gasteiger charge is -2.34. The topological polar surface area (TPSA) is 82.6 Å². The van der Waals surface area contributed by atoms with E-state index in [1.165, 1.54) is 4.88 Å². The Hall–Kier alpha value is -3.31. The molecule has 1 aromatic carbocycles. The lowest BCUT2D eigenvalue weighted by molar-refractivity contribution is -0.133. The van der Waals surface area contributed by atoms with Crippen LogP contribution in [0.4, 0.5) is 5.88 Å². The maximum atomic E-state index is 12.9. The van der Waals surface area contributed by atoms with Crippen LogP contribution in [-0.4, -0.2) is 48.6 Å². The molecule has 3 heterocycles. The molecule has 164 valence electrons. The molecular formula is C24H24N4O3S. The molecule has 1 amide bonds. The van der Waals surface area contributed by atoms with Crippen LogP contribution in [0.3, 0.4) is 0 Å². The Morgan fingerprint density at radius 1 is 1.25 bits per heavy atom. The van der Waals surface area contributed by atoms with Crippen LogP contribution >= 0.6 is 11.3 Å². The zero-order valence-corrected chi connectivity index (χ0v) is 18.7. The van der Waals surface area contributed by atoms with E-state index in [9.17, 15) is 10.1 Å². The number of hydrogen-bond acceptors (Lipinski definition) is 7. The first-order valence-corrected chi connectivity index (χ1v) is 11.8. The number of oxazole rings is 1. The third kappa shape index (κ3) is 3.96. The molecule has 1 aliphatic carbocycles. The van der Waals surface area contributed by atoms with Crippen LogP contribution in [0.1, 0.15) is 29.8 Å². The van der Waals surface area contributed by atoms with Crippen LogP contribution in [0.5, 0.6) is 5.75 Å². The van der Waals surface area contributed by atoms with E-state index < -0.39 is 0 Å². The van der Waals surface area contributed by atoms with Crippen molar-refractivity contribution in [2.45, 2.75) is 19.3 Å². The monoisotopic (exact) mass is 448 g/mol. The number of nitriles is 1. The van der Waals surface area contributed by atoms with Crippen molar-refractivity contribution in [3.05, 3.63) is 52.3 Å². The van der Waals surface area contributed by atoms with Crippen molar-refractivity contribution in [2.75, 3.05) is 37.7 Å². The lowest BCUT2D eigenvalue weighted by Crippen LogP contribution is -2.49. The quantitative estimate of drug-likeness (QED) is 0.564. The normalized spacial score (nSPS) is 20.1. The predicted molar refractivity (Wildman–Crippen MR) is 122 cm³/mol. The molecule has 2 aliphatic rings. The van der Waals surface area contributed by atoms with Crippen molar-refractivity contribution in [1.82, 2.24) is 9.88 Å². The maximum Gasteiger partial charge on any atom is 0.235 e. The zero-order valence-electron chi connectivity index (χ0n) is 17.9. The summed E-state index contributed by atoms with van der Waals surface area (Å²) in [6.07, 6.45) is 0.950. The molecule has 0 spiro atoms. The van der Waals surface area contributed by atoms with E-state index in [0.717, 1.165) is 17.7 Å². The van der Waals surface area contributed by atoms with Gasteiger partial charge in [-0.15, -0.1) is 11.3 Å². The number of nitrogens with zero attached hydrogens (tertiary/aromatic N) is 4. The van der Waals surface area contributed by atoms with Gasteiger partial charge in [0.25, 0.3) is 0 Å². The molecule has 0 radical (unpaired) electrons. The van der Waals surface area contributed by atoms with Gasteiger partial charge in [0.15, 0.2) is 0 Å². The summed E-state index contributed by atoms with van der Waals surface area (Å²) in [6, 6.07) is 13.8. The second-order valence-electron chi connectivity index (χ2n) is 8.02. The minimum absolute atomic E-state index is 0.117. The number of rotatable bonds is 6. The SMILES string of the molecule is CCOc1ccc(-c2nc(C#N)c(N3CCN(C(=O)C4CC4c4cccs4)CC3)o2)cc1. The van der Waals surface area contributed by atoms with Gasteiger partial charge in [-0.3, -0.25) is 4.79 Å². The average Bonchev–Trinajstić information content (AvgIpc) is 3.23. The Kier molecular flexibility index (Phi) is 5.58. The van der Waals surface area contributed by atoms with Crippen LogP contribution in [0.25, 0.3) is 11.5 Å². The third-order valence-corrected chi connectivity index (χ3v) is 7.03. The fraction of sp³-hybridized carbons (Fsp3) is 0.375. The Labute approximate surface area is 190 Å². The number of benzene rings is 1. The van der Waals surface area contributed by atoms with E-state index in [-0.39, 0.29) is 17.5 Å². The highest BCUT2D eigenvalue weighted by atomic mass is 32.1. The van der Waals surface area contributed by atoms with Gasteiger partial charge < -0.3 is 19.0 Å². The summed E-state index contributed by atoms with van der Waals surface area (Å²) in [5, 5.41) is 11.7. The van der Waals surface area contributed by atoms with Gasteiger partial charge in [0, 0.05) is 48.5 Å². The van der Waals surface area contributed by atoms with Gasteiger partial charge in [0.2, 0.25) is 23.4 Å². The standard InChI is InChI=1S/C24H24N4O3S/c1-2-30-17-7-5-16(6-8-17)22-26-20(15-25)24(31-22)28-11-9-27(10-12-28)23(29)19-14-18(19)21-4-3-13-32-21/h3-8,13,18-19H,2,9-12,14H2,1H3. The highest BCUT2D eigenvalue weighted by Crippen LogP contribution is 2.50. The second kappa shape index (κ2) is 8.67. The smallest absolute Gasteiger partial charge is 0.235 e. The van der Waals surface area contributed by atoms with E-state index in [1.807, 2.05) is 47.1 Å². The summed E-state index contributed by atoms with van der Waals surface area (Å²) in [5.41, 5.74) is 1.06. The van der Waals surface area contributed by atoms with Crippen molar-refractivity contribution in [3.8, 4) is 23.3 Å². The fourth-order valence-electron chi connectivity index (χ4n) is 4.23. The lowest BCUT2D eigenvalue weighted by atomic mass is 10.2. The van der Waals surface area contributed by atoms with E-state index in [2.05, 4.69) is 22.5 Å². The summed E-state index contributed by atoms with van der Waals surface area (Å²) < 4.78 is 11.5. The minimum Gasteiger partial charge on any atom is -0.494 e. The zero-order chi connectivity index (χ0) is 22.1. The Morgan fingerprint density at radius 2 is 2.03 bits per heavy atom. The molecule has 7 nitrogen and oxygen atoms in total. The number of amides is 1. The molecule has 2 atom stereocenters. The fourth-order valence-corrected chi connectivity index (χ4v) is 5.14. The number of hydrogen-bond donors (Lipinski definition) is 0. The van der Waals surface area contributed by atoms with Gasteiger partial charge in [0.05, 0.1) is 6.61 Å². The summed E-state index contributed by atoms with van der Waals surface area (Å²) in [5.74, 6) is 2.42. The summed E-state index contributed by atoms with van der Waals surface area (Å²) in [7, 11) is 0. The molecule has 1 saturated heterocycles. The summed E-state index contributed by atoms with van der Waals surface area (Å²) >= 11 is 1.73. The average molecular weight is 449 g/mol. The van der Waals surface area contributed by atoms with Gasteiger partial charge in [-0.25, -0.2) is 0 Å². The van der Waals surface area contributed by atoms with Crippen molar-refractivity contribution in [2.24, 2.45) is 5.92 Å². The molecule has 8 heteroatoms. The van der Waals surface area contributed by atoms with Gasteiger partial charge in [0.1, 0.15) is 11.8 Å². The molecule has 1 saturated carbocycles. The van der Waals surface area contributed by atoms with E-state index in [4.69, 9.17) is 9.15 Å². The number of carbonyl (C=O) groups excluding carboxylic acids is 1. The third-order valence-electron chi connectivity index (χ3n) is 6.02. The van der Waals surface area contributed by atoms with Crippen molar-refractivity contribution >= 4 is 23.1 Å². The predicted octanol–water partition coefficient (Wildman–Crippen LogP) is 4.13. The van der Waals surface area contributed by atoms with Crippen LogP contribution in [-0.2, 0) is 4.79 Å². The van der Waals surface area contributed by atoms with Crippen LogP contribution < -0.4 is 9.64 Å². The molecule has 0 bridgehead atoms. The highest BCUT2D eigenvalue weighted by molar-refractivity contribution is 7.10. The van der Waals surface area contributed by atoms with Crippen molar-refractivity contribution < 1.29 is 13.9 Å². The van der Waals surface area contributed by atoms with Crippen molar-refractivity contribution in [1.29, 1.82) is 5.26 Å². The molecule has 0 N–H and O–H groups in total. The van der Waals surface area contributed by atoms with Crippen LogP contribution in [0.2, 0.25) is 0 Å². The van der Waals surface area contributed by atoms with Crippen LogP contribution in [0, 0.1) is 17.2 Å². The first kappa shape index (κ1) is 20.6. The highest BCUT2D eigenvalue weighted by Gasteiger charge is 2.46. The number of ether oxygens (including phenoxy) is 1. The Morgan fingerprint density at radius 3 is 2.69 bits per heavy atom. The molecule has 2 unspecified atom stereocenters. The molecule has 3 aromatic rings. The number of piperazine rings is 1. The van der Waals surface area contributed by atoms with E-state index in [0.29, 0.717) is 50.5 Å².